The average molecular weight is 346 g/mol. The molecule has 5 nitrogen and oxygen atoms in total. The molecule has 118 valence electrons. The number of thiophene rings is 1. The average Bonchev–Trinajstić information content (AvgIpc) is 3.36. The van der Waals surface area contributed by atoms with Crippen LogP contribution in [0.15, 0.2) is 45.8 Å². The van der Waals surface area contributed by atoms with E-state index in [1.165, 1.54) is 11.3 Å². The number of aromatic nitrogens is 1. The number of furan rings is 1. The number of rotatable bonds is 3. The Labute approximate surface area is 141 Å². The second-order valence-electron chi connectivity index (χ2n) is 5.17. The highest BCUT2D eigenvalue weighted by Crippen LogP contribution is 2.28. The number of amides is 1. The Bertz CT molecular complexity index is 780. The second-order valence-corrected chi connectivity index (χ2v) is 6.98. The van der Waals surface area contributed by atoms with E-state index in [0.29, 0.717) is 30.3 Å². The van der Waals surface area contributed by atoms with Crippen LogP contribution in [-0.2, 0) is 4.74 Å². The quantitative estimate of drug-likeness (QED) is 0.726. The fraction of sp³-hybridized carbons (Fsp3) is 0.250. The van der Waals surface area contributed by atoms with Gasteiger partial charge >= 0.3 is 0 Å². The van der Waals surface area contributed by atoms with Gasteiger partial charge in [0.05, 0.1) is 25.6 Å². The molecule has 0 bridgehead atoms. The van der Waals surface area contributed by atoms with Gasteiger partial charge in [-0.3, -0.25) is 4.79 Å². The molecule has 1 unspecified atom stereocenters. The van der Waals surface area contributed by atoms with E-state index in [4.69, 9.17) is 9.15 Å². The van der Waals surface area contributed by atoms with Crippen LogP contribution >= 0.6 is 22.7 Å². The summed E-state index contributed by atoms with van der Waals surface area (Å²) >= 11 is 3.00. The monoisotopic (exact) mass is 346 g/mol. The van der Waals surface area contributed by atoms with Gasteiger partial charge in [-0.05, 0) is 34.5 Å². The number of carbonyl (C=O) groups is 1. The maximum Gasteiger partial charge on any atom is 0.265 e. The third-order valence-corrected chi connectivity index (χ3v) is 5.42. The number of hydrogen-bond acceptors (Lipinski definition) is 6. The van der Waals surface area contributed by atoms with Gasteiger partial charge < -0.3 is 14.1 Å². The Morgan fingerprint density at radius 1 is 1.39 bits per heavy atom. The first-order chi connectivity index (χ1) is 11.3. The third-order valence-electron chi connectivity index (χ3n) is 3.72. The van der Waals surface area contributed by atoms with Crippen molar-refractivity contribution in [1.82, 2.24) is 9.88 Å². The summed E-state index contributed by atoms with van der Waals surface area (Å²) in [6.07, 6.45) is 3.18. The Morgan fingerprint density at radius 3 is 3.13 bits per heavy atom. The first kappa shape index (κ1) is 14.6. The van der Waals surface area contributed by atoms with Crippen LogP contribution in [0.25, 0.3) is 10.8 Å². The first-order valence-electron chi connectivity index (χ1n) is 7.24. The minimum absolute atomic E-state index is 0.00355. The molecule has 0 radical (unpaired) electrons. The van der Waals surface area contributed by atoms with Crippen LogP contribution in [0.2, 0.25) is 0 Å². The molecule has 4 rings (SSSR count). The molecular weight excluding hydrogens is 332 g/mol. The summed E-state index contributed by atoms with van der Waals surface area (Å²) in [7, 11) is 0. The largest absolute Gasteiger partial charge is 0.462 e. The number of nitrogens with zero attached hydrogens (tertiary/aromatic N) is 2. The second kappa shape index (κ2) is 6.27. The maximum absolute atomic E-state index is 12.7. The minimum Gasteiger partial charge on any atom is -0.462 e. The molecule has 0 spiro atoms. The third kappa shape index (κ3) is 2.95. The van der Waals surface area contributed by atoms with Crippen molar-refractivity contribution >= 4 is 28.6 Å². The highest BCUT2D eigenvalue weighted by atomic mass is 32.1. The van der Waals surface area contributed by atoms with Gasteiger partial charge in [-0.15, -0.1) is 11.3 Å². The predicted molar refractivity (Wildman–Crippen MR) is 88.7 cm³/mol. The normalized spacial score (nSPS) is 18.3. The Kier molecular flexibility index (Phi) is 3.99. The summed E-state index contributed by atoms with van der Waals surface area (Å²) in [4.78, 5) is 19.5. The van der Waals surface area contributed by atoms with Crippen molar-refractivity contribution in [3.05, 3.63) is 51.9 Å². The lowest BCUT2D eigenvalue weighted by Crippen LogP contribution is -2.41. The molecule has 1 atom stereocenters. The molecule has 0 aliphatic carbocycles. The zero-order valence-corrected chi connectivity index (χ0v) is 13.8. The minimum atomic E-state index is -0.0450. The van der Waals surface area contributed by atoms with E-state index in [1.54, 1.807) is 23.8 Å². The maximum atomic E-state index is 12.7. The molecule has 1 aliphatic heterocycles. The smallest absolute Gasteiger partial charge is 0.265 e. The summed E-state index contributed by atoms with van der Waals surface area (Å²) < 4.78 is 11.1. The van der Waals surface area contributed by atoms with E-state index in [1.807, 2.05) is 28.5 Å². The van der Waals surface area contributed by atoms with Gasteiger partial charge in [-0.25, -0.2) is 4.98 Å². The number of ether oxygens (including phenoxy) is 1. The molecular formula is C16H14N2O3S2. The number of thiazole rings is 1. The fourth-order valence-electron chi connectivity index (χ4n) is 2.54. The summed E-state index contributed by atoms with van der Waals surface area (Å²) in [6, 6.07) is 5.70. The Balaban J connectivity index is 1.50. The van der Waals surface area contributed by atoms with E-state index in [2.05, 4.69) is 10.4 Å². The number of morpholine rings is 1. The van der Waals surface area contributed by atoms with Crippen molar-refractivity contribution in [3.8, 4) is 10.8 Å². The highest BCUT2D eigenvalue weighted by molar-refractivity contribution is 7.16. The fourth-order valence-corrected chi connectivity index (χ4v) is 4.09. The first-order valence-corrected chi connectivity index (χ1v) is 9.00. The van der Waals surface area contributed by atoms with Gasteiger partial charge in [0.2, 0.25) is 0 Å². The molecule has 3 aromatic rings. The van der Waals surface area contributed by atoms with E-state index in [9.17, 15) is 4.79 Å². The SMILES string of the molecule is O=C(c1cnc(-c2ccco2)s1)N1CCOC(c2ccsc2)C1. The van der Waals surface area contributed by atoms with Gasteiger partial charge in [0.15, 0.2) is 10.8 Å². The molecule has 1 aliphatic rings. The summed E-state index contributed by atoms with van der Waals surface area (Å²) in [5.41, 5.74) is 1.13. The van der Waals surface area contributed by atoms with Gasteiger partial charge in [0.1, 0.15) is 11.0 Å². The van der Waals surface area contributed by atoms with Crippen LogP contribution in [0.4, 0.5) is 0 Å². The Hall–Kier alpha value is -1.96. The molecule has 0 saturated carbocycles. The molecule has 0 N–H and O–H groups in total. The predicted octanol–water partition coefficient (Wildman–Crippen LogP) is 3.68. The van der Waals surface area contributed by atoms with Crippen molar-refractivity contribution in [2.45, 2.75) is 6.10 Å². The lowest BCUT2D eigenvalue weighted by atomic mass is 10.1. The summed E-state index contributed by atoms with van der Waals surface area (Å²) in [5, 5.41) is 4.82. The molecule has 23 heavy (non-hydrogen) atoms. The van der Waals surface area contributed by atoms with E-state index in [0.717, 1.165) is 10.6 Å². The van der Waals surface area contributed by atoms with Crippen LogP contribution < -0.4 is 0 Å². The highest BCUT2D eigenvalue weighted by Gasteiger charge is 2.27. The molecule has 3 aromatic heterocycles. The van der Waals surface area contributed by atoms with Crippen molar-refractivity contribution in [1.29, 1.82) is 0 Å². The van der Waals surface area contributed by atoms with E-state index < -0.39 is 0 Å². The molecule has 4 heterocycles. The van der Waals surface area contributed by atoms with Gasteiger partial charge in [-0.2, -0.15) is 11.3 Å². The lowest BCUT2D eigenvalue weighted by molar-refractivity contribution is -0.0224. The molecule has 1 amide bonds. The summed E-state index contributed by atoms with van der Waals surface area (Å²) in [5.74, 6) is 0.691. The molecule has 7 heteroatoms. The van der Waals surface area contributed by atoms with Crippen molar-refractivity contribution in [3.63, 3.8) is 0 Å². The van der Waals surface area contributed by atoms with Gasteiger partial charge in [0.25, 0.3) is 5.91 Å². The van der Waals surface area contributed by atoms with Gasteiger partial charge in [-0.1, -0.05) is 0 Å². The van der Waals surface area contributed by atoms with Crippen molar-refractivity contribution in [2.75, 3.05) is 19.7 Å². The zero-order valence-electron chi connectivity index (χ0n) is 12.2. The lowest BCUT2D eigenvalue weighted by Gasteiger charge is -2.32. The zero-order chi connectivity index (χ0) is 15.6. The number of hydrogen-bond donors (Lipinski definition) is 0. The molecule has 1 fully saturated rings. The Morgan fingerprint density at radius 2 is 2.35 bits per heavy atom. The topological polar surface area (TPSA) is 55.6 Å². The standard InChI is InChI=1S/C16H14N2O3S2/c19-16(14-8-17-15(23-14)12-2-1-5-20-12)18-4-6-21-13(9-18)11-3-7-22-10-11/h1-3,5,7-8,10,13H,4,6,9H2. The van der Waals surface area contributed by atoms with Crippen LogP contribution in [0.5, 0.6) is 0 Å². The van der Waals surface area contributed by atoms with Crippen molar-refractivity contribution in [2.24, 2.45) is 0 Å². The van der Waals surface area contributed by atoms with Gasteiger partial charge in [0, 0.05) is 6.54 Å². The van der Waals surface area contributed by atoms with Crippen LogP contribution in [0.1, 0.15) is 21.3 Å². The van der Waals surface area contributed by atoms with E-state index >= 15 is 0 Å². The molecule has 0 aromatic carbocycles. The van der Waals surface area contributed by atoms with Crippen LogP contribution in [0.3, 0.4) is 0 Å². The molecule has 1 saturated heterocycles. The van der Waals surface area contributed by atoms with E-state index in [-0.39, 0.29) is 12.0 Å². The van der Waals surface area contributed by atoms with Crippen LogP contribution in [0, 0.1) is 0 Å². The number of carbonyl (C=O) groups excluding carboxylic acids is 1. The van der Waals surface area contributed by atoms with Crippen molar-refractivity contribution < 1.29 is 13.9 Å². The summed E-state index contributed by atoms with van der Waals surface area (Å²) in [6.45, 7) is 1.73. The van der Waals surface area contributed by atoms with Crippen LogP contribution in [-0.4, -0.2) is 35.5 Å².